The van der Waals surface area contributed by atoms with E-state index in [-0.39, 0.29) is 22.8 Å². The number of ether oxygens (including phenoxy) is 1. The quantitative estimate of drug-likeness (QED) is 0.472. The first-order valence-corrected chi connectivity index (χ1v) is 7.54. The number of benzene rings is 1. The van der Waals surface area contributed by atoms with Crippen LogP contribution in [0.3, 0.4) is 0 Å². The van der Waals surface area contributed by atoms with Gasteiger partial charge in [-0.1, -0.05) is 0 Å². The highest BCUT2D eigenvalue weighted by molar-refractivity contribution is 8.00. The summed E-state index contributed by atoms with van der Waals surface area (Å²) in [5.74, 6) is 1.27. The maximum Gasteiger partial charge on any atom is 0.269 e. The van der Waals surface area contributed by atoms with Gasteiger partial charge >= 0.3 is 0 Å². The van der Waals surface area contributed by atoms with E-state index in [4.69, 9.17) is 16.3 Å². The van der Waals surface area contributed by atoms with Gasteiger partial charge in [-0.15, -0.1) is 23.4 Å². The molecule has 1 fully saturated rings. The molecule has 1 atom stereocenters. The number of hydrogen-bond donors (Lipinski definition) is 0. The Balaban J connectivity index is 1.91. The predicted molar refractivity (Wildman–Crippen MR) is 77.3 cm³/mol. The normalized spacial score (nSPS) is 18.1. The van der Waals surface area contributed by atoms with E-state index < -0.39 is 4.92 Å². The first kappa shape index (κ1) is 14.9. The van der Waals surface area contributed by atoms with E-state index in [2.05, 4.69) is 0 Å². The molecule has 6 nitrogen and oxygen atoms in total. The van der Waals surface area contributed by atoms with Crippen molar-refractivity contribution in [3.05, 3.63) is 34.4 Å². The molecule has 0 aliphatic carbocycles. The molecular formula is C12H13ClN2O4S. The third-order valence-corrected chi connectivity index (χ3v) is 4.29. The number of alkyl halides is 1. The van der Waals surface area contributed by atoms with Gasteiger partial charge in [0.05, 0.1) is 4.92 Å². The van der Waals surface area contributed by atoms with Crippen LogP contribution in [0.1, 0.15) is 0 Å². The monoisotopic (exact) mass is 316 g/mol. The molecule has 1 heterocycles. The fraction of sp³-hybridized carbons (Fsp3) is 0.417. The standard InChI is InChI=1S/C12H13ClN2O4S/c13-7-11(16)14-5-6-20-12(14)8-19-10-3-1-9(2-4-10)15(17)18/h1-4,12H,5-8H2. The highest BCUT2D eigenvalue weighted by Crippen LogP contribution is 2.25. The summed E-state index contributed by atoms with van der Waals surface area (Å²) in [5, 5.41) is 10.5. The molecule has 1 amide bonds. The van der Waals surface area contributed by atoms with Gasteiger partial charge in [0.15, 0.2) is 0 Å². The Kier molecular flexibility index (Phi) is 5.08. The Morgan fingerprint density at radius 3 is 2.80 bits per heavy atom. The zero-order valence-electron chi connectivity index (χ0n) is 10.5. The third kappa shape index (κ3) is 3.55. The molecule has 1 aliphatic heterocycles. The number of amides is 1. The molecule has 0 aromatic heterocycles. The lowest BCUT2D eigenvalue weighted by atomic mass is 10.3. The maximum absolute atomic E-state index is 11.6. The summed E-state index contributed by atoms with van der Waals surface area (Å²) in [6.45, 7) is 1.01. The van der Waals surface area contributed by atoms with Gasteiger partial charge < -0.3 is 9.64 Å². The lowest BCUT2D eigenvalue weighted by Gasteiger charge is -2.22. The van der Waals surface area contributed by atoms with Crippen molar-refractivity contribution in [3.8, 4) is 5.75 Å². The number of halogens is 1. The van der Waals surface area contributed by atoms with Crippen LogP contribution in [-0.4, -0.2) is 45.9 Å². The molecule has 8 heteroatoms. The lowest BCUT2D eigenvalue weighted by Crippen LogP contribution is -2.38. The molecule has 1 aromatic carbocycles. The van der Waals surface area contributed by atoms with Gasteiger partial charge in [-0.3, -0.25) is 14.9 Å². The second-order valence-corrected chi connectivity index (χ2v) is 5.66. The van der Waals surface area contributed by atoms with Crippen LogP contribution in [0.5, 0.6) is 5.75 Å². The minimum Gasteiger partial charge on any atom is -0.491 e. The number of carbonyl (C=O) groups is 1. The number of hydrogen-bond acceptors (Lipinski definition) is 5. The molecule has 108 valence electrons. The molecular weight excluding hydrogens is 304 g/mol. The number of thioether (sulfide) groups is 1. The van der Waals surface area contributed by atoms with Crippen molar-refractivity contribution >= 4 is 35.0 Å². The van der Waals surface area contributed by atoms with Crippen molar-refractivity contribution in [2.75, 3.05) is 24.8 Å². The average molecular weight is 317 g/mol. The number of rotatable bonds is 5. The van der Waals surface area contributed by atoms with Gasteiger partial charge in [0, 0.05) is 24.4 Å². The molecule has 1 unspecified atom stereocenters. The smallest absolute Gasteiger partial charge is 0.269 e. The van der Waals surface area contributed by atoms with Gasteiger partial charge in [-0.25, -0.2) is 0 Å². The van der Waals surface area contributed by atoms with Crippen molar-refractivity contribution in [2.45, 2.75) is 5.37 Å². The first-order chi connectivity index (χ1) is 9.61. The minimum absolute atomic E-state index is 0.0199. The number of non-ortho nitro benzene ring substituents is 1. The van der Waals surface area contributed by atoms with E-state index in [9.17, 15) is 14.9 Å². The Bertz CT molecular complexity index is 497. The van der Waals surface area contributed by atoms with Gasteiger partial charge in [0.25, 0.3) is 5.69 Å². The Morgan fingerprint density at radius 2 is 2.20 bits per heavy atom. The molecule has 0 radical (unpaired) electrons. The van der Waals surface area contributed by atoms with Crippen molar-refractivity contribution in [2.24, 2.45) is 0 Å². The molecule has 2 rings (SSSR count). The minimum atomic E-state index is -0.461. The Labute approximate surface area is 125 Å². The Morgan fingerprint density at radius 1 is 1.50 bits per heavy atom. The molecule has 1 saturated heterocycles. The van der Waals surface area contributed by atoms with E-state index in [0.717, 1.165) is 5.75 Å². The van der Waals surface area contributed by atoms with E-state index in [1.165, 1.54) is 12.1 Å². The van der Waals surface area contributed by atoms with E-state index in [0.29, 0.717) is 18.9 Å². The van der Waals surface area contributed by atoms with Crippen LogP contribution in [-0.2, 0) is 4.79 Å². The first-order valence-electron chi connectivity index (χ1n) is 5.96. The Hall–Kier alpha value is -1.47. The molecule has 0 bridgehead atoms. The molecule has 1 aliphatic rings. The summed E-state index contributed by atoms with van der Waals surface area (Å²) in [5.41, 5.74) is 0.0199. The zero-order chi connectivity index (χ0) is 14.5. The molecule has 1 aromatic rings. The number of nitrogens with zero attached hydrogens (tertiary/aromatic N) is 2. The van der Waals surface area contributed by atoms with E-state index in [1.54, 1.807) is 28.8 Å². The van der Waals surface area contributed by atoms with Crippen LogP contribution >= 0.6 is 23.4 Å². The third-order valence-electron chi connectivity index (χ3n) is 2.86. The topological polar surface area (TPSA) is 72.7 Å². The summed E-state index contributed by atoms with van der Waals surface area (Å²) in [7, 11) is 0. The highest BCUT2D eigenvalue weighted by Gasteiger charge is 2.29. The van der Waals surface area contributed by atoms with Crippen molar-refractivity contribution in [1.82, 2.24) is 4.90 Å². The van der Waals surface area contributed by atoms with Gasteiger partial charge in [0.2, 0.25) is 5.91 Å². The summed E-state index contributed by atoms with van der Waals surface area (Å²) in [4.78, 5) is 23.4. The van der Waals surface area contributed by atoms with Gasteiger partial charge in [-0.2, -0.15) is 0 Å². The number of carbonyl (C=O) groups excluding carboxylic acids is 1. The highest BCUT2D eigenvalue weighted by atomic mass is 35.5. The van der Waals surface area contributed by atoms with E-state index in [1.807, 2.05) is 0 Å². The number of nitro benzene ring substituents is 1. The molecule has 0 spiro atoms. The largest absolute Gasteiger partial charge is 0.491 e. The molecule has 0 N–H and O–H groups in total. The van der Waals surface area contributed by atoms with Crippen LogP contribution in [0.25, 0.3) is 0 Å². The van der Waals surface area contributed by atoms with Crippen molar-refractivity contribution in [3.63, 3.8) is 0 Å². The van der Waals surface area contributed by atoms with Gasteiger partial charge in [0.1, 0.15) is 23.6 Å². The van der Waals surface area contributed by atoms with E-state index >= 15 is 0 Å². The molecule has 0 saturated carbocycles. The van der Waals surface area contributed by atoms with Crippen LogP contribution in [0.15, 0.2) is 24.3 Å². The van der Waals surface area contributed by atoms with Gasteiger partial charge in [-0.05, 0) is 12.1 Å². The van der Waals surface area contributed by atoms with Crippen molar-refractivity contribution in [1.29, 1.82) is 0 Å². The fourth-order valence-electron chi connectivity index (χ4n) is 1.85. The summed E-state index contributed by atoms with van der Waals surface area (Å²) >= 11 is 7.19. The lowest BCUT2D eigenvalue weighted by molar-refractivity contribution is -0.384. The summed E-state index contributed by atoms with van der Waals surface area (Å²) in [6.07, 6.45) is 0. The second-order valence-electron chi connectivity index (χ2n) is 4.11. The fourth-order valence-corrected chi connectivity index (χ4v) is 3.15. The average Bonchev–Trinajstić information content (AvgIpc) is 2.93. The van der Waals surface area contributed by atoms with Crippen LogP contribution in [0.2, 0.25) is 0 Å². The predicted octanol–water partition coefficient (Wildman–Crippen LogP) is 2.11. The summed E-state index contributed by atoms with van der Waals surface area (Å²) in [6, 6.07) is 5.87. The maximum atomic E-state index is 11.6. The molecule has 20 heavy (non-hydrogen) atoms. The second kappa shape index (κ2) is 6.81. The zero-order valence-corrected chi connectivity index (χ0v) is 12.1. The number of nitro groups is 1. The summed E-state index contributed by atoms with van der Waals surface area (Å²) < 4.78 is 5.57. The van der Waals surface area contributed by atoms with Crippen LogP contribution in [0.4, 0.5) is 5.69 Å². The van der Waals surface area contributed by atoms with Crippen LogP contribution in [0, 0.1) is 10.1 Å². The van der Waals surface area contributed by atoms with Crippen molar-refractivity contribution < 1.29 is 14.5 Å². The SMILES string of the molecule is O=C(CCl)N1CCSC1COc1ccc([N+](=O)[O-])cc1. The van der Waals surface area contributed by atoms with Crippen LogP contribution < -0.4 is 4.74 Å².